The molecule has 0 aliphatic heterocycles. The Labute approximate surface area is 150 Å². The van der Waals surface area contributed by atoms with E-state index in [0.717, 1.165) is 0 Å². The zero-order chi connectivity index (χ0) is 17.2. The molecule has 0 aliphatic carbocycles. The maximum absolute atomic E-state index is 2.74. The van der Waals surface area contributed by atoms with Crippen LogP contribution in [0.5, 0.6) is 0 Å². The van der Waals surface area contributed by atoms with Gasteiger partial charge in [-0.25, -0.2) is 0 Å². The van der Waals surface area contributed by atoms with Crippen molar-refractivity contribution in [3.8, 4) is 0 Å². The van der Waals surface area contributed by atoms with Crippen molar-refractivity contribution < 1.29 is 0 Å². The van der Waals surface area contributed by atoms with Crippen LogP contribution in [0.25, 0.3) is 0 Å². The molecular formula is C22H48Si. The topological polar surface area (TPSA) is 0 Å². The fourth-order valence-electron chi connectivity index (χ4n) is 3.84. The smallest absolute Gasteiger partial charge is 0.0504 e. The molecule has 0 radical (unpaired) electrons. The van der Waals surface area contributed by atoms with Gasteiger partial charge in [-0.1, -0.05) is 142 Å². The minimum atomic E-state index is -0.928. The van der Waals surface area contributed by atoms with Crippen LogP contribution in [0.2, 0.25) is 24.7 Å². The minimum Gasteiger partial charge on any atom is -0.0691 e. The largest absolute Gasteiger partial charge is 0.0691 e. The molecule has 0 nitrogen and oxygen atoms in total. The molecule has 0 heterocycles. The molecular weight excluding hydrogens is 292 g/mol. The summed E-state index contributed by atoms with van der Waals surface area (Å²) in [5.41, 5.74) is 0. The van der Waals surface area contributed by atoms with Crippen molar-refractivity contribution in [1.82, 2.24) is 0 Å². The highest BCUT2D eigenvalue weighted by molar-refractivity contribution is 6.78. The number of hydrogen-bond acceptors (Lipinski definition) is 0. The number of hydrogen-bond donors (Lipinski definition) is 0. The average Bonchev–Trinajstić information content (AvgIpc) is 2.55. The predicted octanol–water partition coefficient (Wildman–Crippen LogP) is 8.98. The third-order valence-corrected chi connectivity index (χ3v) is 10.3. The molecule has 0 saturated heterocycles. The van der Waals surface area contributed by atoms with Gasteiger partial charge in [0.05, 0.1) is 8.07 Å². The van der Waals surface area contributed by atoms with E-state index in [2.05, 4.69) is 27.3 Å². The lowest BCUT2D eigenvalue weighted by Gasteiger charge is -2.28. The van der Waals surface area contributed by atoms with Crippen LogP contribution in [-0.2, 0) is 0 Å². The summed E-state index contributed by atoms with van der Waals surface area (Å²) in [6, 6.07) is 4.87. The van der Waals surface area contributed by atoms with E-state index in [1.54, 1.807) is 18.1 Å². The van der Waals surface area contributed by atoms with Crippen LogP contribution in [0.4, 0.5) is 0 Å². The van der Waals surface area contributed by atoms with Gasteiger partial charge in [0.25, 0.3) is 0 Å². The molecule has 0 aromatic carbocycles. The first kappa shape index (κ1) is 23.2. The molecule has 140 valence electrons. The fraction of sp³-hybridized carbons (Fsp3) is 1.00. The summed E-state index contributed by atoms with van der Waals surface area (Å²) >= 11 is 0. The Morgan fingerprint density at radius 3 is 1.00 bits per heavy atom. The van der Waals surface area contributed by atoms with Crippen LogP contribution in [0.1, 0.15) is 117 Å². The highest BCUT2D eigenvalue weighted by Crippen LogP contribution is 2.29. The second-order valence-corrected chi connectivity index (χ2v) is 13.4. The number of unbranched alkanes of at least 4 members (excludes halogenated alkanes) is 12. The van der Waals surface area contributed by atoms with E-state index in [1.807, 2.05) is 0 Å². The maximum atomic E-state index is 2.74. The van der Waals surface area contributed by atoms with E-state index in [1.165, 1.54) is 96.3 Å². The van der Waals surface area contributed by atoms with Gasteiger partial charge in [-0.15, -0.1) is 0 Å². The zero-order valence-corrected chi connectivity index (χ0v) is 18.2. The summed E-state index contributed by atoms with van der Waals surface area (Å²) in [5, 5.41) is 0. The Hall–Kier alpha value is 0.217. The van der Waals surface area contributed by atoms with Gasteiger partial charge in [-0.05, 0) is 0 Å². The van der Waals surface area contributed by atoms with E-state index in [9.17, 15) is 0 Å². The minimum absolute atomic E-state index is 0.928. The second-order valence-electron chi connectivity index (χ2n) is 8.30. The first-order valence-corrected chi connectivity index (χ1v) is 14.3. The molecule has 0 rings (SSSR count). The third kappa shape index (κ3) is 15.5. The third-order valence-electron chi connectivity index (χ3n) is 5.65. The average molecular weight is 341 g/mol. The molecule has 0 bridgehead atoms. The van der Waals surface area contributed by atoms with E-state index in [0.29, 0.717) is 0 Å². The van der Waals surface area contributed by atoms with Crippen molar-refractivity contribution in [3.63, 3.8) is 0 Å². The molecule has 1 unspecified atom stereocenters. The Morgan fingerprint density at radius 2 is 0.652 bits per heavy atom. The van der Waals surface area contributed by atoms with Gasteiger partial charge in [0, 0.05) is 0 Å². The molecule has 1 atom stereocenters. The van der Waals surface area contributed by atoms with Gasteiger partial charge in [0.1, 0.15) is 0 Å². The van der Waals surface area contributed by atoms with Gasteiger partial charge >= 0.3 is 0 Å². The van der Waals surface area contributed by atoms with E-state index >= 15 is 0 Å². The zero-order valence-electron chi connectivity index (χ0n) is 17.2. The summed E-state index contributed by atoms with van der Waals surface area (Å²) < 4.78 is 0. The SMILES string of the molecule is CCCCCCCC[Si](C)(CCCCCC)CCCCCCC. The standard InChI is InChI=1S/C22H48Si/c1-5-8-11-14-16-19-22-23(4,20-17-13-10-7-3)21-18-15-12-9-6-2/h5-22H2,1-4H3. The summed E-state index contributed by atoms with van der Waals surface area (Å²) in [4.78, 5) is 0. The number of rotatable bonds is 18. The molecule has 0 aromatic rings. The maximum Gasteiger partial charge on any atom is 0.0504 e. The molecule has 0 aliphatic rings. The first-order chi connectivity index (χ1) is 11.2. The van der Waals surface area contributed by atoms with Crippen molar-refractivity contribution in [2.75, 3.05) is 0 Å². The van der Waals surface area contributed by atoms with Crippen LogP contribution >= 0.6 is 0 Å². The summed E-state index contributed by atoms with van der Waals surface area (Å²) in [6.07, 6.45) is 22.0. The molecule has 0 spiro atoms. The van der Waals surface area contributed by atoms with Gasteiger partial charge < -0.3 is 0 Å². The Morgan fingerprint density at radius 1 is 0.391 bits per heavy atom. The lowest BCUT2D eigenvalue weighted by Crippen LogP contribution is -2.29. The summed E-state index contributed by atoms with van der Waals surface area (Å²) in [5.74, 6) is 0. The summed E-state index contributed by atoms with van der Waals surface area (Å²) in [6.45, 7) is 9.72. The van der Waals surface area contributed by atoms with Crippen molar-refractivity contribution >= 4 is 8.07 Å². The first-order valence-electron chi connectivity index (χ1n) is 11.2. The van der Waals surface area contributed by atoms with Crippen molar-refractivity contribution in [2.45, 2.75) is 142 Å². The monoisotopic (exact) mass is 340 g/mol. The van der Waals surface area contributed by atoms with Crippen molar-refractivity contribution in [1.29, 1.82) is 0 Å². The molecule has 0 N–H and O–H groups in total. The molecule has 0 saturated carbocycles. The van der Waals surface area contributed by atoms with E-state index < -0.39 is 8.07 Å². The second kappa shape index (κ2) is 17.1. The van der Waals surface area contributed by atoms with Crippen LogP contribution in [0.3, 0.4) is 0 Å². The van der Waals surface area contributed by atoms with Crippen LogP contribution in [0.15, 0.2) is 0 Å². The van der Waals surface area contributed by atoms with Gasteiger partial charge in [-0.3, -0.25) is 0 Å². The van der Waals surface area contributed by atoms with Gasteiger partial charge in [-0.2, -0.15) is 0 Å². The lowest BCUT2D eigenvalue weighted by atomic mass is 10.1. The van der Waals surface area contributed by atoms with Crippen molar-refractivity contribution in [3.05, 3.63) is 0 Å². The van der Waals surface area contributed by atoms with Crippen LogP contribution in [0, 0.1) is 0 Å². The van der Waals surface area contributed by atoms with E-state index in [-0.39, 0.29) is 0 Å². The molecule has 0 fully saturated rings. The highest BCUT2D eigenvalue weighted by atomic mass is 28.3. The van der Waals surface area contributed by atoms with Crippen LogP contribution < -0.4 is 0 Å². The fourth-order valence-corrected chi connectivity index (χ4v) is 7.90. The molecule has 23 heavy (non-hydrogen) atoms. The van der Waals surface area contributed by atoms with E-state index in [4.69, 9.17) is 0 Å². The Bertz CT molecular complexity index is 226. The quantitative estimate of drug-likeness (QED) is 0.172. The normalized spacial score (nSPS) is 14.1. The van der Waals surface area contributed by atoms with Crippen molar-refractivity contribution in [2.24, 2.45) is 0 Å². The molecule has 1 heteroatoms. The van der Waals surface area contributed by atoms with Gasteiger partial charge in [0.15, 0.2) is 0 Å². The van der Waals surface area contributed by atoms with Crippen LogP contribution in [-0.4, -0.2) is 8.07 Å². The predicted molar refractivity (Wildman–Crippen MR) is 112 cm³/mol. The highest BCUT2D eigenvalue weighted by Gasteiger charge is 2.25. The Kier molecular flexibility index (Phi) is 17.2. The lowest BCUT2D eigenvalue weighted by molar-refractivity contribution is 0.617. The Balaban J connectivity index is 3.98. The summed E-state index contributed by atoms with van der Waals surface area (Å²) in [7, 11) is -0.928. The van der Waals surface area contributed by atoms with Gasteiger partial charge in [0.2, 0.25) is 0 Å². The molecule has 0 aromatic heterocycles. The molecule has 0 amide bonds.